The molecule has 2 fully saturated rings. The van der Waals surface area contributed by atoms with Gasteiger partial charge < -0.3 is 10.2 Å². The van der Waals surface area contributed by atoms with Gasteiger partial charge in [-0.05, 0) is 19.0 Å². The van der Waals surface area contributed by atoms with E-state index in [1.165, 1.54) is 6.42 Å². The van der Waals surface area contributed by atoms with Gasteiger partial charge in [-0.15, -0.1) is 0 Å². The molecule has 0 saturated carbocycles. The monoisotopic (exact) mass is 263 g/mol. The molecule has 1 unspecified atom stereocenters. The van der Waals surface area contributed by atoms with Crippen LogP contribution in [0.25, 0.3) is 0 Å². The fourth-order valence-corrected chi connectivity index (χ4v) is 2.92. The van der Waals surface area contributed by atoms with E-state index in [0.29, 0.717) is 12.6 Å². The van der Waals surface area contributed by atoms with Gasteiger partial charge in [0.2, 0.25) is 5.91 Å². The predicted octanol–water partition coefficient (Wildman–Crippen LogP) is -0.611. The first-order valence-electron chi connectivity index (χ1n) is 7.03. The minimum absolute atomic E-state index is 0.174. The number of carbonyl (C=O) groups is 1. The van der Waals surface area contributed by atoms with Crippen LogP contribution in [0, 0.1) is 0 Å². The molecule has 0 radical (unpaired) electrons. The van der Waals surface area contributed by atoms with Crippen molar-refractivity contribution in [3.8, 4) is 0 Å². The lowest BCUT2D eigenvalue weighted by atomic mass is 10.2. The molecule has 0 spiro atoms. The zero-order chi connectivity index (χ0) is 13.1. The van der Waals surface area contributed by atoms with Crippen molar-refractivity contribution in [2.24, 2.45) is 0 Å². The van der Waals surface area contributed by atoms with Crippen LogP contribution >= 0.6 is 0 Å². The van der Waals surface area contributed by atoms with E-state index in [-0.39, 0.29) is 5.91 Å². The zero-order valence-electron chi connectivity index (χ0n) is 11.2. The van der Waals surface area contributed by atoms with E-state index in [2.05, 4.69) is 15.3 Å². The summed E-state index contributed by atoms with van der Waals surface area (Å²) in [4.78, 5) is 16.6. The Morgan fingerprint density at radius 2 is 2.16 bits per heavy atom. The average Bonchev–Trinajstić information content (AvgIpc) is 3.12. The third kappa shape index (κ3) is 2.96. The molecule has 104 valence electrons. The van der Waals surface area contributed by atoms with Gasteiger partial charge in [-0.2, -0.15) is 5.10 Å². The highest BCUT2D eigenvalue weighted by Gasteiger charge is 2.27. The molecule has 2 aliphatic heterocycles. The first-order valence-corrected chi connectivity index (χ1v) is 7.03. The van der Waals surface area contributed by atoms with Crippen LogP contribution in [0.2, 0.25) is 0 Å². The molecule has 0 aliphatic carbocycles. The van der Waals surface area contributed by atoms with Crippen molar-refractivity contribution in [2.45, 2.75) is 19.0 Å². The highest BCUT2D eigenvalue weighted by Crippen LogP contribution is 2.12. The lowest BCUT2D eigenvalue weighted by Crippen LogP contribution is -2.53. The van der Waals surface area contributed by atoms with Gasteiger partial charge in [0.1, 0.15) is 6.54 Å². The van der Waals surface area contributed by atoms with Crippen molar-refractivity contribution in [3.63, 3.8) is 0 Å². The normalized spacial score (nSPS) is 24.8. The summed E-state index contributed by atoms with van der Waals surface area (Å²) in [6.07, 6.45) is 4.78. The van der Waals surface area contributed by atoms with Gasteiger partial charge in [-0.1, -0.05) is 0 Å². The largest absolute Gasteiger partial charge is 0.339 e. The number of hydrogen-bond donors (Lipinski definition) is 1. The van der Waals surface area contributed by atoms with E-state index in [0.717, 1.165) is 39.3 Å². The smallest absolute Gasteiger partial charge is 0.244 e. The summed E-state index contributed by atoms with van der Waals surface area (Å²) in [6, 6.07) is 2.52. The van der Waals surface area contributed by atoms with E-state index >= 15 is 0 Å². The van der Waals surface area contributed by atoms with Gasteiger partial charge in [-0.25, -0.2) is 0 Å². The number of rotatable bonds is 3. The lowest BCUT2D eigenvalue weighted by Gasteiger charge is -2.37. The maximum atomic E-state index is 12.1. The molecule has 2 saturated heterocycles. The number of piperazine rings is 1. The number of carbonyl (C=O) groups excluding carboxylic acids is 1. The molecule has 19 heavy (non-hydrogen) atoms. The van der Waals surface area contributed by atoms with Crippen molar-refractivity contribution in [1.82, 2.24) is 24.9 Å². The molecule has 6 nitrogen and oxygen atoms in total. The Morgan fingerprint density at radius 3 is 2.79 bits per heavy atom. The Morgan fingerprint density at radius 1 is 1.32 bits per heavy atom. The van der Waals surface area contributed by atoms with Crippen molar-refractivity contribution < 1.29 is 4.79 Å². The molecule has 1 N–H and O–H groups in total. The number of nitrogens with zero attached hydrogens (tertiary/aromatic N) is 4. The van der Waals surface area contributed by atoms with Crippen LogP contribution in [-0.2, 0) is 11.3 Å². The summed E-state index contributed by atoms with van der Waals surface area (Å²) in [5.74, 6) is 0.174. The second kappa shape index (κ2) is 5.71. The Labute approximate surface area is 113 Å². The summed E-state index contributed by atoms with van der Waals surface area (Å²) in [6.45, 7) is 6.27. The van der Waals surface area contributed by atoms with E-state index in [4.69, 9.17) is 0 Å². The lowest BCUT2D eigenvalue weighted by molar-refractivity contribution is -0.134. The van der Waals surface area contributed by atoms with Crippen LogP contribution in [0.1, 0.15) is 6.42 Å². The van der Waals surface area contributed by atoms with Crippen molar-refractivity contribution in [3.05, 3.63) is 18.5 Å². The molecule has 3 heterocycles. The summed E-state index contributed by atoms with van der Waals surface area (Å²) in [5, 5.41) is 7.48. The predicted molar refractivity (Wildman–Crippen MR) is 71.7 cm³/mol. The van der Waals surface area contributed by atoms with Gasteiger partial charge in [0.25, 0.3) is 0 Å². The highest BCUT2D eigenvalue weighted by atomic mass is 16.2. The Balaban J connectivity index is 1.48. The zero-order valence-corrected chi connectivity index (χ0v) is 11.2. The van der Waals surface area contributed by atoms with Crippen molar-refractivity contribution in [2.75, 3.05) is 39.3 Å². The third-order valence-corrected chi connectivity index (χ3v) is 4.07. The second-order valence-corrected chi connectivity index (χ2v) is 5.27. The van der Waals surface area contributed by atoms with Crippen LogP contribution in [0.5, 0.6) is 0 Å². The minimum atomic E-state index is 0.174. The molecule has 1 aromatic rings. The van der Waals surface area contributed by atoms with E-state index in [9.17, 15) is 4.79 Å². The van der Waals surface area contributed by atoms with E-state index < -0.39 is 0 Å². The van der Waals surface area contributed by atoms with E-state index in [1.54, 1.807) is 10.9 Å². The number of amides is 1. The molecule has 6 heteroatoms. The molecule has 0 aromatic carbocycles. The van der Waals surface area contributed by atoms with Gasteiger partial charge >= 0.3 is 0 Å². The number of nitrogens with one attached hydrogen (secondary N) is 1. The minimum Gasteiger partial charge on any atom is -0.339 e. The topological polar surface area (TPSA) is 53.4 Å². The quantitative estimate of drug-likeness (QED) is 0.790. The van der Waals surface area contributed by atoms with Crippen molar-refractivity contribution >= 4 is 5.91 Å². The number of aromatic nitrogens is 2. The summed E-state index contributed by atoms with van der Waals surface area (Å²) in [5.41, 5.74) is 0. The molecule has 1 aromatic heterocycles. The summed E-state index contributed by atoms with van der Waals surface area (Å²) >= 11 is 0. The molecular weight excluding hydrogens is 242 g/mol. The average molecular weight is 263 g/mol. The van der Waals surface area contributed by atoms with Gasteiger partial charge in [0, 0.05) is 51.2 Å². The van der Waals surface area contributed by atoms with Crippen LogP contribution in [0.4, 0.5) is 0 Å². The van der Waals surface area contributed by atoms with Crippen LogP contribution in [0.3, 0.4) is 0 Å². The van der Waals surface area contributed by atoms with Crippen LogP contribution in [-0.4, -0.2) is 70.8 Å². The van der Waals surface area contributed by atoms with Crippen molar-refractivity contribution in [1.29, 1.82) is 0 Å². The Bertz CT molecular complexity index is 405. The SMILES string of the molecule is O=C(Cn1cccn1)N1CCN(C2CCNC2)CC1. The fourth-order valence-electron chi connectivity index (χ4n) is 2.92. The molecule has 3 rings (SSSR count). The molecule has 0 bridgehead atoms. The third-order valence-electron chi connectivity index (χ3n) is 4.07. The molecular formula is C13H21N5O. The number of hydrogen-bond acceptors (Lipinski definition) is 4. The van der Waals surface area contributed by atoms with Gasteiger partial charge in [-0.3, -0.25) is 14.4 Å². The molecule has 2 aliphatic rings. The first-order chi connectivity index (χ1) is 9.33. The second-order valence-electron chi connectivity index (χ2n) is 5.27. The van der Waals surface area contributed by atoms with Gasteiger partial charge in [0.05, 0.1) is 0 Å². The van der Waals surface area contributed by atoms with Gasteiger partial charge in [0.15, 0.2) is 0 Å². The maximum absolute atomic E-state index is 12.1. The first kappa shape index (κ1) is 12.6. The van der Waals surface area contributed by atoms with Crippen LogP contribution in [0.15, 0.2) is 18.5 Å². The molecule has 1 atom stereocenters. The molecule has 1 amide bonds. The summed E-state index contributed by atoms with van der Waals surface area (Å²) < 4.78 is 1.69. The van der Waals surface area contributed by atoms with E-state index in [1.807, 2.05) is 17.2 Å². The fraction of sp³-hybridized carbons (Fsp3) is 0.692. The highest BCUT2D eigenvalue weighted by molar-refractivity contribution is 5.76. The summed E-state index contributed by atoms with van der Waals surface area (Å²) in [7, 11) is 0. The Hall–Kier alpha value is -1.40. The van der Waals surface area contributed by atoms with Crippen LogP contribution < -0.4 is 5.32 Å². The Kier molecular flexibility index (Phi) is 3.79. The standard InChI is InChI=1S/C13H21N5O/c19-13(11-18-5-1-3-15-18)17-8-6-16(7-9-17)12-2-4-14-10-12/h1,3,5,12,14H,2,4,6-11H2. The maximum Gasteiger partial charge on any atom is 0.244 e.